The topological polar surface area (TPSA) is 0 Å². The first-order valence-corrected chi connectivity index (χ1v) is 5.25. The summed E-state index contributed by atoms with van der Waals surface area (Å²) < 4.78 is 0. The van der Waals surface area contributed by atoms with Crippen LogP contribution in [0.3, 0.4) is 0 Å². The monoisotopic (exact) mass is 170 g/mol. The van der Waals surface area contributed by atoms with Gasteiger partial charge in [-0.2, -0.15) is 0 Å². The molecule has 0 aliphatic heterocycles. The molecule has 0 nitrogen and oxygen atoms in total. The molecule has 0 saturated carbocycles. The average molecular weight is 170 g/mol. The normalized spacial score (nSPS) is 8.73. The van der Waals surface area contributed by atoms with E-state index in [1.54, 1.807) is 4.88 Å². The molecule has 0 fully saturated rings. The summed E-state index contributed by atoms with van der Waals surface area (Å²) in [6.45, 7) is 8.40. The Bertz CT molecular complexity index is 177. The Kier molecular flexibility index (Phi) is 6.24. The van der Waals surface area contributed by atoms with Gasteiger partial charge in [0.2, 0.25) is 0 Å². The SMILES string of the molecule is CC.CCCc1sccc1C. The van der Waals surface area contributed by atoms with Crippen molar-refractivity contribution < 1.29 is 0 Å². The van der Waals surface area contributed by atoms with Crippen molar-refractivity contribution >= 4 is 11.3 Å². The predicted molar refractivity (Wildman–Crippen MR) is 54.4 cm³/mol. The van der Waals surface area contributed by atoms with Gasteiger partial charge in [0, 0.05) is 4.88 Å². The molecule has 1 rings (SSSR count). The summed E-state index contributed by atoms with van der Waals surface area (Å²) in [6.07, 6.45) is 2.52. The third kappa shape index (κ3) is 3.57. The fourth-order valence-electron chi connectivity index (χ4n) is 0.887. The molecular formula is C10H18S. The highest BCUT2D eigenvalue weighted by Gasteiger charge is 1.95. The molecule has 0 saturated heterocycles. The van der Waals surface area contributed by atoms with E-state index in [-0.39, 0.29) is 0 Å². The lowest BCUT2D eigenvalue weighted by Gasteiger charge is -1.92. The van der Waals surface area contributed by atoms with E-state index in [0.717, 1.165) is 0 Å². The second-order valence-electron chi connectivity index (χ2n) is 2.28. The van der Waals surface area contributed by atoms with Crippen molar-refractivity contribution in [2.45, 2.75) is 40.5 Å². The highest BCUT2D eigenvalue weighted by atomic mass is 32.1. The van der Waals surface area contributed by atoms with E-state index in [1.165, 1.54) is 18.4 Å². The number of hydrogen-bond donors (Lipinski definition) is 0. The summed E-state index contributed by atoms with van der Waals surface area (Å²) >= 11 is 1.87. The summed E-state index contributed by atoms with van der Waals surface area (Å²) in [5.41, 5.74) is 1.46. The summed E-state index contributed by atoms with van der Waals surface area (Å²) in [7, 11) is 0. The molecule has 1 aromatic rings. The number of rotatable bonds is 2. The van der Waals surface area contributed by atoms with E-state index in [0.29, 0.717) is 0 Å². The van der Waals surface area contributed by atoms with Crippen molar-refractivity contribution in [2.75, 3.05) is 0 Å². The molecule has 11 heavy (non-hydrogen) atoms. The van der Waals surface area contributed by atoms with Crippen molar-refractivity contribution in [2.24, 2.45) is 0 Å². The molecule has 0 N–H and O–H groups in total. The van der Waals surface area contributed by atoms with Gasteiger partial charge >= 0.3 is 0 Å². The Balaban J connectivity index is 0.000000461. The van der Waals surface area contributed by atoms with Gasteiger partial charge in [-0.15, -0.1) is 11.3 Å². The minimum Gasteiger partial charge on any atom is -0.149 e. The summed E-state index contributed by atoms with van der Waals surface area (Å²) in [4.78, 5) is 1.55. The average Bonchev–Trinajstić information content (AvgIpc) is 2.42. The van der Waals surface area contributed by atoms with Crippen LogP contribution in [0, 0.1) is 6.92 Å². The first-order chi connectivity index (χ1) is 5.34. The molecule has 1 heteroatoms. The van der Waals surface area contributed by atoms with Gasteiger partial charge in [0.1, 0.15) is 0 Å². The van der Waals surface area contributed by atoms with E-state index < -0.39 is 0 Å². The van der Waals surface area contributed by atoms with Crippen LogP contribution in [0.4, 0.5) is 0 Å². The van der Waals surface area contributed by atoms with Crippen LogP contribution >= 0.6 is 11.3 Å². The molecule has 0 spiro atoms. The highest BCUT2D eigenvalue weighted by Crippen LogP contribution is 2.16. The predicted octanol–water partition coefficient (Wildman–Crippen LogP) is 4.04. The lowest BCUT2D eigenvalue weighted by molar-refractivity contribution is 0.933. The first-order valence-electron chi connectivity index (χ1n) is 4.37. The molecule has 0 unspecified atom stereocenters. The second kappa shape index (κ2) is 6.41. The van der Waals surface area contributed by atoms with Crippen LogP contribution in [0.15, 0.2) is 11.4 Å². The zero-order chi connectivity index (χ0) is 8.69. The number of aryl methyl sites for hydroxylation is 2. The van der Waals surface area contributed by atoms with Crippen LogP contribution in [0.25, 0.3) is 0 Å². The maximum Gasteiger partial charge on any atom is 0.00742 e. The Hall–Kier alpha value is -0.300. The van der Waals surface area contributed by atoms with E-state index in [2.05, 4.69) is 25.3 Å². The molecule has 0 aliphatic rings. The lowest BCUT2D eigenvalue weighted by Crippen LogP contribution is -1.78. The van der Waals surface area contributed by atoms with Crippen molar-refractivity contribution in [3.8, 4) is 0 Å². The summed E-state index contributed by atoms with van der Waals surface area (Å²) in [5, 5.41) is 2.17. The fourth-order valence-corrected chi connectivity index (χ4v) is 1.90. The fraction of sp³-hybridized carbons (Fsp3) is 0.600. The minimum atomic E-state index is 1.25. The molecular weight excluding hydrogens is 152 g/mol. The van der Waals surface area contributed by atoms with Crippen LogP contribution in [0.2, 0.25) is 0 Å². The molecule has 64 valence electrons. The smallest absolute Gasteiger partial charge is 0.00742 e. The molecule has 1 heterocycles. The quantitative estimate of drug-likeness (QED) is 0.628. The van der Waals surface area contributed by atoms with Crippen LogP contribution in [0.5, 0.6) is 0 Å². The largest absolute Gasteiger partial charge is 0.149 e. The number of thiophene rings is 1. The second-order valence-corrected chi connectivity index (χ2v) is 3.28. The molecule has 0 aromatic carbocycles. The zero-order valence-electron chi connectivity index (χ0n) is 7.98. The van der Waals surface area contributed by atoms with Gasteiger partial charge in [-0.1, -0.05) is 27.2 Å². The highest BCUT2D eigenvalue weighted by molar-refractivity contribution is 7.10. The van der Waals surface area contributed by atoms with E-state index in [4.69, 9.17) is 0 Å². The Morgan fingerprint density at radius 3 is 2.36 bits per heavy atom. The van der Waals surface area contributed by atoms with Crippen molar-refractivity contribution in [1.29, 1.82) is 0 Å². The Labute approximate surface area is 74.3 Å². The molecule has 0 radical (unpaired) electrons. The van der Waals surface area contributed by atoms with Gasteiger partial charge in [-0.25, -0.2) is 0 Å². The third-order valence-electron chi connectivity index (χ3n) is 1.45. The van der Waals surface area contributed by atoms with E-state index >= 15 is 0 Å². The van der Waals surface area contributed by atoms with Crippen molar-refractivity contribution in [3.05, 3.63) is 21.9 Å². The maximum atomic E-state index is 2.22. The van der Waals surface area contributed by atoms with Gasteiger partial charge in [-0.3, -0.25) is 0 Å². The van der Waals surface area contributed by atoms with E-state index in [1.807, 2.05) is 25.2 Å². The molecule has 0 atom stereocenters. The van der Waals surface area contributed by atoms with Crippen LogP contribution in [0.1, 0.15) is 37.6 Å². The van der Waals surface area contributed by atoms with Crippen LogP contribution < -0.4 is 0 Å². The van der Waals surface area contributed by atoms with Gasteiger partial charge in [0.25, 0.3) is 0 Å². The molecule has 1 aromatic heterocycles. The summed E-state index contributed by atoms with van der Waals surface area (Å²) in [6, 6.07) is 2.19. The van der Waals surface area contributed by atoms with Gasteiger partial charge in [0.05, 0.1) is 0 Å². The number of hydrogen-bond acceptors (Lipinski definition) is 1. The molecule has 0 aliphatic carbocycles. The maximum absolute atomic E-state index is 2.22. The van der Waals surface area contributed by atoms with Crippen molar-refractivity contribution in [1.82, 2.24) is 0 Å². The summed E-state index contributed by atoms with van der Waals surface area (Å²) in [5.74, 6) is 0. The van der Waals surface area contributed by atoms with Gasteiger partial charge < -0.3 is 0 Å². The minimum absolute atomic E-state index is 1.25. The van der Waals surface area contributed by atoms with Crippen molar-refractivity contribution in [3.63, 3.8) is 0 Å². The van der Waals surface area contributed by atoms with Gasteiger partial charge in [0.15, 0.2) is 0 Å². The Morgan fingerprint density at radius 1 is 1.36 bits per heavy atom. The third-order valence-corrected chi connectivity index (χ3v) is 2.53. The lowest BCUT2D eigenvalue weighted by atomic mass is 10.2. The van der Waals surface area contributed by atoms with E-state index in [9.17, 15) is 0 Å². The van der Waals surface area contributed by atoms with Crippen LogP contribution in [-0.4, -0.2) is 0 Å². The van der Waals surface area contributed by atoms with Crippen LogP contribution in [-0.2, 0) is 6.42 Å². The standard InChI is InChI=1S/C8H12S.C2H6/c1-3-4-8-7(2)5-6-9-8;1-2/h5-6H,3-4H2,1-2H3;1-2H3. The first kappa shape index (κ1) is 10.7. The Morgan fingerprint density at radius 2 is 2.00 bits per heavy atom. The van der Waals surface area contributed by atoms with Gasteiger partial charge in [-0.05, 0) is 30.4 Å². The molecule has 0 bridgehead atoms. The zero-order valence-corrected chi connectivity index (χ0v) is 8.79. The molecule has 0 amide bonds.